The molecule has 4 rings (SSSR count). The summed E-state index contributed by atoms with van der Waals surface area (Å²) in [5, 5.41) is 0.0681. The van der Waals surface area contributed by atoms with Crippen molar-refractivity contribution in [1.29, 1.82) is 0 Å². The summed E-state index contributed by atoms with van der Waals surface area (Å²) in [5.74, 6) is -0.342. The van der Waals surface area contributed by atoms with E-state index in [0.29, 0.717) is 23.2 Å². The number of ether oxygens (including phenoxy) is 1. The Morgan fingerprint density at radius 2 is 1.79 bits per heavy atom. The van der Waals surface area contributed by atoms with Crippen LogP contribution in [-0.2, 0) is 19.3 Å². The van der Waals surface area contributed by atoms with E-state index in [1.165, 1.54) is 0 Å². The van der Waals surface area contributed by atoms with E-state index in [0.717, 1.165) is 12.0 Å². The molecule has 3 heterocycles. The molecule has 0 spiro atoms. The lowest BCUT2D eigenvalue weighted by Crippen LogP contribution is -2.45. The van der Waals surface area contributed by atoms with Gasteiger partial charge in [-0.05, 0) is 56.5 Å². The second kappa shape index (κ2) is 9.89. The fourth-order valence-corrected chi connectivity index (χ4v) is 7.47. The first kappa shape index (κ1) is 28.5. The van der Waals surface area contributed by atoms with E-state index in [-0.39, 0.29) is 39.5 Å². The van der Waals surface area contributed by atoms with Gasteiger partial charge in [0.05, 0.1) is 18.5 Å². The number of aryl methyl sites for hydroxylation is 3. The summed E-state index contributed by atoms with van der Waals surface area (Å²) < 4.78 is 47.0. The van der Waals surface area contributed by atoms with Crippen LogP contribution in [0.2, 0.25) is 18.1 Å². The first-order chi connectivity index (χ1) is 17.5. The Morgan fingerprint density at radius 1 is 1.16 bits per heavy atom. The van der Waals surface area contributed by atoms with Crippen molar-refractivity contribution in [1.82, 2.24) is 19.5 Å². The minimum atomic E-state index is -4.21. The lowest BCUT2D eigenvalue weighted by Gasteiger charge is -2.39. The van der Waals surface area contributed by atoms with Gasteiger partial charge in [0.25, 0.3) is 5.88 Å². The average molecular weight is 562 g/mol. The van der Waals surface area contributed by atoms with Gasteiger partial charge in [0.1, 0.15) is 11.1 Å². The number of imidazole rings is 1. The van der Waals surface area contributed by atoms with Crippen LogP contribution in [0, 0.1) is 20.8 Å². The van der Waals surface area contributed by atoms with Crippen molar-refractivity contribution >= 4 is 35.5 Å². The molecule has 0 radical (unpaired) electrons. The Morgan fingerprint density at radius 3 is 2.37 bits per heavy atom. The van der Waals surface area contributed by atoms with Gasteiger partial charge in [-0.3, -0.25) is 4.57 Å². The van der Waals surface area contributed by atoms with Crippen molar-refractivity contribution in [2.24, 2.45) is 0 Å². The molecule has 208 valence electrons. The number of nitrogen functional groups attached to an aromatic ring is 1. The SMILES string of the molecule is CC[C@H]1O[C@@H](n2cnc3c(OS(=O)(=O)c4c(C)cc(C)cc4C)nc(N)nc32)CC1O[Si](C)(C)C(C)(C)C. The second-order valence-electron chi connectivity index (χ2n) is 11.7. The van der Waals surface area contributed by atoms with E-state index < -0.39 is 24.7 Å². The fourth-order valence-electron chi connectivity index (χ4n) is 4.80. The van der Waals surface area contributed by atoms with Crippen molar-refractivity contribution in [3.63, 3.8) is 0 Å². The molecule has 0 bridgehead atoms. The summed E-state index contributed by atoms with van der Waals surface area (Å²) in [4.78, 5) is 13.0. The highest BCUT2D eigenvalue weighted by Crippen LogP contribution is 2.42. The zero-order chi connectivity index (χ0) is 28.2. The van der Waals surface area contributed by atoms with Crippen molar-refractivity contribution < 1.29 is 21.8 Å². The molecule has 0 amide bonds. The van der Waals surface area contributed by atoms with Crippen molar-refractivity contribution in [2.75, 3.05) is 5.73 Å². The van der Waals surface area contributed by atoms with E-state index in [1.54, 1.807) is 36.9 Å². The third kappa shape index (κ3) is 5.31. The van der Waals surface area contributed by atoms with Crippen LogP contribution in [0.4, 0.5) is 5.95 Å². The number of nitrogens with zero attached hydrogens (tertiary/aromatic N) is 4. The molecule has 3 atom stereocenters. The number of aromatic nitrogens is 4. The maximum absolute atomic E-state index is 13.3. The Bertz CT molecular complexity index is 1440. The van der Waals surface area contributed by atoms with Crippen LogP contribution in [0.3, 0.4) is 0 Å². The monoisotopic (exact) mass is 561 g/mol. The van der Waals surface area contributed by atoms with Gasteiger partial charge < -0.3 is 19.1 Å². The third-order valence-electron chi connectivity index (χ3n) is 7.60. The van der Waals surface area contributed by atoms with Gasteiger partial charge in [-0.2, -0.15) is 18.4 Å². The van der Waals surface area contributed by atoms with Crippen LogP contribution in [0.1, 0.15) is 63.5 Å². The Kier molecular flexibility index (Phi) is 7.41. The van der Waals surface area contributed by atoms with Crippen LogP contribution in [0.5, 0.6) is 5.88 Å². The highest BCUT2D eigenvalue weighted by Gasteiger charge is 2.45. The van der Waals surface area contributed by atoms with Crippen molar-refractivity contribution in [3.8, 4) is 5.88 Å². The highest BCUT2D eigenvalue weighted by atomic mass is 32.2. The second-order valence-corrected chi connectivity index (χ2v) is 17.9. The van der Waals surface area contributed by atoms with Gasteiger partial charge in [0, 0.05) is 6.42 Å². The predicted octanol–water partition coefficient (Wildman–Crippen LogP) is 5.19. The molecule has 0 aliphatic carbocycles. The summed E-state index contributed by atoms with van der Waals surface area (Å²) in [7, 11) is -6.23. The largest absolute Gasteiger partial charge is 0.411 e. The van der Waals surface area contributed by atoms with Crippen LogP contribution < -0.4 is 9.92 Å². The average Bonchev–Trinajstić information content (AvgIpc) is 3.34. The lowest BCUT2D eigenvalue weighted by molar-refractivity contribution is -0.0161. The van der Waals surface area contributed by atoms with Crippen molar-refractivity contribution in [3.05, 3.63) is 35.2 Å². The van der Waals surface area contributed by atoms with Gasteiger partial charge in [-0.15, -0.1) is 0 Å². The topological polar surface area (TPSA) is 131 Å². The summed E-state index contributed by atoms with van der Waals surface area (Å²) in [6, 6.07) is 3.59. The molecule has 1 fully saturated rings. The fraction of sp³-hybridized carbons (Fsp3) is 0.577. The van der Waals surface area contributed by atoms with Crippen LogP contribution >= 0.6 is 0 Å². The van der Waals surface area contributed by atoms with Crippen molar-refractivity contribution in [2.45, 2.75) is 103 Å². The van der Waals surface area contributed by atoms with Gasteiger partial charge in [-0.25, -0.2) is 4.98 Å². The Balaban J connectivity index is 1.68. The van der Waals surface area contributed by atoms with Gasteiger partial charge in [0.15, 0.2) is 19.5 Å². The van der Waals surface area contributed by atoms with E-state index >= 15 is 0 Å². The van der Waals surface area contributed by atoms with E-state index in [2.05, 4.69) is 55.7 Å². The number of benzene rings is 1. The molecule has 3 aromatic rings. The molecule has 2 N–H and O–H groups in total. The van der Waals surface area contributed by atoms with Crippen LogP contribution in [0.15, 0.2) is 23.4 Å². The zero-order valence-corrected chi connectivity index (χ0v) is 25.5. The Labute approximate surface area is 226 Å². The third-order valence-corrected chi connectivity index (χ3v) is 13.6. The molecular formula is C26H39N5O5SSi. The van der Waals surface area contributed by atoms with E-state index in [9.17, 15) is 8.42 Å². The molecule has 10 nitrogen and oxygen atoms in total. The van der Waals surface area contributed by atoms with Gasteiger partial charge in [0.2, 0.25) is 5.95 Å². The molecule has 38 heavy (non-hydrogen) atoms. The standard InChI is InChI=1S/C26H39N5O5SSi/c1-10-18-19(36-38(8,9)26(5,6)7)13-20(34-18)31-14-28-21-23(31)29-25(27)30-24(21)35-37(32,33)22-16(3)11-15(2)12-17(22)4/h11-12,14,18-20H,10,13H2,1-9H3,(H2,27,29,30)/t18-,19?,20-/m1/s1. The molecule has 1 saturated heterocycles. The summed E-state index contributed by atoms with van der Waals surface area (Å²) in [6.45, 7) is 18.6. The minimum Gasteiger partial charge on any atom is -0.411 e. The first-order valence-corrected chi connectivity index (χ1v) is 17.2. The minimum absolute atomic E-state index is 0.0681. The molecule has 0 saturated carbocycles. The van der Waals surface area contributed by atoms with Gasteiger partial charge in [-0.1, -0.05) is 45.4 Å². The van der Waals surface area contributed by atoms with E-state index in [4.69, 9.17) is 19.1 Å². The Hall–Kier alpha value is -2.54. The van der Waals surface area contributed by atoms with E-state index in [1.807, 2.05) is 6.92 Å². The predicted molar refractivity (Wildman–Crippen MR) is 149 cm³/mol. The highest BCUT2D eigenvalue weighted by molar-refractivity contribution is 7.87. The number of anilines is 1. The quantitative estimate of drug-likeness (QED) is 0.306. The van der Waals surface area contributed by atoms with Crippen LogP contribution in [-0.4, -0.2) is 48.5 Å². The molecule has 1 aromatic carbocycles. The summed E-state index contributed by atoms with van der Waals surface area (Å²) in [5.41, 5.74) is 8.67. The number of hydrogen-bond donors (Lipinski definition) is 1. The zero-order valence-electron chi connectivity index (χ0n) is 23.7. The normalized spacial score (nSPS) is 20.8. The lowest BCUT2D eigenvalue weighted by atomic mass is 10.1. The summed E-state index contributed by atoms with van der Waals surface area (Å²) >= 11 is 0. The number of hydrogen-bond acceptors (Lipinski definition) is 9. The maximum atomic E-state index is 13.3. The maximum Gasteiger partial charge on any atom is 0.341 e. The molecular weight excluding hydrogens is 522 g/mol. The van der Waals surface area contributed by atoms with Gasteiger partial charge >= 0.3 is 10.1 Å². The molecule has 12 heteroatoms. The first-order valence-electron chi connectivity index (χ1n) is 12.9. The molecule has 1 aliphatic rings. The smallest absolute Gasteiger partial charge is 0.341 e. The summed E-state index contributed by atoms with van der Waals surface area (Å²) in [6.07, 6.45) is 2.39. The molecule has 1 unspecified atom stereocenters. The number of rotatable bonds is 7. The number of fused-ring (bicyclic) bond motifs is 1. The number of nitrogens with two attached hydrogens (primary N) is 1. The molecule has 2 aromatic heterocycles. The molecule has 1 aliphatic heterocycles. The van der Waals surface area contributed by atoms with Crippen LogP contribution in [0.25, 0.3) is 11.2 Å².